The molecule has 1 heteroatoms. The molecule has 0 unspecified atom stereocenters. The molecule has 0 spiro atoms. The molecular formula is C18H14Cr+2. The first-order valence-corrected chi connectivity index (χ1v) is 6.15. The normalized spacial score (nSPS) is 9.68. The first-order valence-electron chi connectivity index (χ1n) is 6.15. The summed E-state index contributed by atoms with van der Waals surface area (Å²) in [6, 6.07) is 29.6. The number of hydrogen-bond donors (Lipinski definition) is 0. The van der Waals surface area contributed by atoms with E-state index in [0.29, 0.717) is 0 Å². The molecule has 0 fully saturated rings. The molecule has 0 bridgehead atoms. The van der Waals surface area contributed by atoms with Crippen LogP contribution in [0.5, 0.6) is 0 Å². The molecule has 0 heterocycles. The van der Waals surface area contributed by atoms with E-state index >= 15 is 0 Å². The van der Waals surface area contributed by atoms with Crippen LogP contribution in [0.4, 0.5) is 0 Å². The number of rotatable bonds is 2. The van der Waals surface area contributed by atoms with Crippen LogP contribution in [-0.2, 0) is 17.4 Å². The minimum atomic E-state index is 0. The Kier molecular flexibility index (Phi) is 4.58. The van der Waals surface area contributed by atoms with Gasteiger partial charge in [0.15, 0.2) is 0 Å². The zero-order valence-electron chi connectivity index (χ0n) is 10.5. The van der Waals surface area contributed by atoms with Crippen molar-refractivity contribution in [3.63, 3.8) is 0 Å². The van der Waals surface area contributed by atoms with Gasteiger partial charge in [-0.2, -0.15) is 0 Å². The van der Waals surface area contributed by atoms with E-state index in [1.54, 1.807) is 0 Å². The fraction of sp³-hybridized carbons (Fsp3) is 0. The van der Waals surface area contributed by atoms with Crippen molar-refractivity contribution in [2.24, 2.45) is 0 Å². The van der Waals surface area contributed by atoms with Gasteiger partial charge in [-0.05, 0) is 22.3 Å². The zero-order chi connectivity index (χ0) is 12.2. The molecule has 0 amide bonds. The third-order valence-electron chi connectivity index (χ3n) is 3.10. The van der Waals surface area contributed by atoms with Crippen LogP contribution < -0.4 is 0 Å². The van der Waals surface area contributed by atoms with Crippen LogP contribution in [0.15, 0.2) is 84.9 Å². The second kappa shape index (κ2) is 6.39. The van der Waals surface area contributed by atoms with Gasteiger partial charge in [-0.25, -0.2) is 0 Å². The topological polar surface area (TPSA) is 0 Å². The van der Waals surface area contributed by atoms with Crippen LogP contribution in [0.2, 0.25) is 0 Å². The molecule has 0 aliphatic carbocycles. The summed E-state index contributed by atoms with van der Waals surface area (Å²) in [5.74, 6) is 0. The van der Waals surface area contributed by atoms with Gasteiger partial charge in [-0.3, -0.25) is 0 Å². The summed E-state index contributed by atoms with van der Waals surface area (Å²) in [7, 11) is 0. The largest absolute Gasteiger partial charge is 2.00 e. The SMILES string of the molecule is [Cr+2].c1ccc(-c2ccccc2-c2ccccc2)cc1. The van der Waals surface area contributed by atoms with Crippen LogP contribution in [0.1, 0.15) is 0 Å². The molecule has 0 saturated carbocycles. The van der Waals surface area contributed by atoms with E-state index in [-0.39, 0.29) is 17.4 Å². The van der Waals surface area contributed by atoms with Crippen LogP contribution in [0.3, 0.4) is 0 Å². The molecule has 3 aromatic rings. The monoisotopic (exact) mass is 282 g/mol. The minimum absolute atomic E-state index is 0. The molecule has 0 saturated heterocycles. The maximum Gasteiger partial charge on any atom is 2.00 e. The fourth-order valence-electron chi connectivity index (χ4n) is 2.22. The van der Waals surface area contributed by atoms with E-state index < -0.39 is 0 Å². The fourth-order valence-corrected chi connectivity index (χ4v) is 2.22. The van der Waals surface area contributed by atoms with Crippen LogP contribution in [0.25, 0.3) is 22.3 Å². The molecule has 0 nitrogen and oxygen atoms in total. The van der Waals surface area contributed by atoms with Gasteiger partial charge in [-0.15, -0.1) is 0 Å². The molecule has 3 rings (SSSR count). The zero-order valence-corrected chi connectivity index (χ0v) is 11.8. The molecule has 0 radical (unpaired) electrons. The Bertz CT molecular complexity index is 572. The molecule has 0 aliphatic heterocycles. The van der Waals surface area contributed by atoms with Gasteiger partial charge in [-0.1, -0.05) is 84.9 Å². The Morgan fingerprint density at radius 1 is 0.368 bits per heavy atom. The minimum Gasteiger partial charge on any atom is -0.0622 e. The second-order valence-electron chi connectivity index (χ2n) is 4.28. The van der Waals surface area contributed by atoms with E-state index in [4.69, 9.17) is 0 Å². The maximum absolute atomic E-state index is 2.18. The molecular weight excluding hydrogens is 268 g/mol. The predicted molar refractivity (Wildman–Crippen MR) is 77.3 cm³/mol. The molecule has 0 N–H and O–H groups in total. The molecule has 90 valence electrons. The van der Waals surface area contributed by atoms with E-state index in [1.165, 1.54) is 22.3 Å². The number of benzene rings is 3. The van der Waals surface area contributed by atoms with Gasteiger partial charge in [0.25, 0.3) is 0 Å². The molecule has 3 aromatic carbocycles. The smallest absolute Gasteiger partial charge is 0.0622 e. The quantitative estimate of drug-likeness (QED) is 0.619. The van der Waals surface area contributed by atoms with Crippen LogP contribution in [-0.4, -0.2) is 0 Å². The summed E-state index contributed by atoms with van der Waals surface area (Å²) >= 11 is 0. The van der Waals surface area contributed by atoms with Crippen molar-refractivity contribution in [1.82, 2.24) is 0 Å². The summed E-state index contributed by atoms with van der Waals surface area (Å²) in [4.78, 5) is 0. The van der Waals surface area contributed by atoms with Crippen molar-refractivity contribution >= 4 is 0 Å². The van der Waals surface area contributed by atoms with Crippen molar-refractivity contribution in [3.8, 4) is 22.3 Å². The first-order chi connectivity index (χ1) is 8.95. The van der Waals surface area contributed by atoms with Crippen molar-refractivity contribution in [2.75, 3.05) is 0 Å². The Hall–Kier alpha value is -1.81. The van der Waals surface area contributed by atoms with Crippen LogP contribution >= 0.6 is 0 Å². The van der Waals surface area contributed by atoms with E-state index in [0.717, 1.165) is 0 Å². The van der Waals surface area contributed by atoms with Gasteiger partial charge in [0.05, 0.1) is 0 Å². The molecule has 0 atom stereocenters. The second-order valence-corrected chi connectivity index (χ2v) is 4.28. The van der Waals surface area contributed by atoms with E-state index in [9.17, 15) is 0 Å². The summed E-state index contributed by atoms with van der Waals surface area (Å²) in [5.41, 5.74) is 5.09. The van der Waals surface area contributed by atoms with Gasteiger partial charge >= 0.3 is 17.4 Å². The number of hydrogen-bond acceptors (Lipinski definition) is 0. The first kappa shape index (κ1) is 13.6. The Morgan fingerprint density at radius 3 is 1.05 bits per heavy atom. The van der Waals surface area contributed by atoms with Gasteiger partial charge in [0.1, 0.15) is 0 Å². The van der Waals surface area contributed by atoms with E-state index in [2.05, 4.69) is 84.9 Å². The maximum atomic E-state index is 2.18. The Labute approximate surface area is 124 Å². The van der Waals surface area contributed by atoms with E-state index in [1.807, 2.05) is 0 Å². The summed E-state index contributed by atoms with van der Waals surface area (Å²) in [6.45, 7) is 0. The molecule has 19 heavy (non-hydrogen) atoms. The Morgan fingerprint density at radius 2 is 0.684 bits per heavy atom. The standard InChI is InChI=1S/C18H14.Cr/c1-3-9-15(10-4-1)17-13-7-8-14-18(17)16-11-5-2-6-12-16;/h1-14H;/q;+2. The summed E-state index contributed by atoms with van der Waals surface area (Å²) < 4.78 is 0. The third-order valence-corrected chi connectivity index (χ3v) is 3.10. The molecule has 0 aromatic heterocycles. The van der Waals surface area contributed by atoms with Crippen molar-refractivity contribution < 1.29 is 17.4 Å². The van der Waals surface area contributed by atoms with Gasteiger partial charge in [0.2, 0.25) is 0 Å². The predicted octanol–water partition coefficient (Wildman–Crippen LogP) is 5.02. The summed E-state index contributed by atoms with van der Waals surface area (Å²) in [5, 5.41) is 0. The average molecular weight is 282 g/mol. The van der Waals surface area contributed by atoms with Crippen LogP contribution in [0, 0.1) is 0 Å². The van der Waals surface area contributed by atoms with Crippen molar-refractivity contribution in [2.45, 2.75) is 0 Å². The molecule has 0 aliphatic rings. The third kappa shape index (κ3) is 2.96. The average Bonchev–Trinajstić information content (AvgIpc) is 2.49. The Balaban J connectivity index is 0.00000133. The van der Waals surface area contributed by atoms with Crippen molar-refractivity contribution in [3.05, 3.63) is 84.9 Å². The van der Waals surface area contributed by atoms with Gasteiger partial charge < -0.3 is 0 Å². The van der Waals surface area contributed by atoms with Crippen molar-refractivity contribution in [1.29, 1.82) is 0 Å². The van der Waals surface area contributed by atoms with Gasteiger partial charge in [0, 0.05) is 0 Å². The summed E-state index contributed by atoms with van der Waals surface area (Å²) in [6.07, 6.45) is 0.